The van der Waals surface area contributed by atoms with Crippen molar-refractivity contribution in [2.24, 2.45) is 5.41 Å². The minimum Gasteiger partial charge on any atom is -0.507 e. The summed E-state index contributed by atoms with van der Waals surface area (Å²) in [5, 5.41) is 21.5. The predicted octanol–water partition coefficient (Wildman–Crippen LogP) is 9.25. The first-order valence-corrected chi connectivity index (χ1v) is 19.2. The molecule has 3 N–H and O–H groups in total. The number of carbonyl (C=O) groups is 5. The number of rotatable bonds is 24. The van der Waals surface area contributed by atoms with Crippen LogP contribution in [0.2, 0.25) is 0 Å². The van der Waals surface area contributed by atoms with E-state index in [9.17, 15) is 29.1 Å². The topological polar surface area (TPSA) is 166 Å². The summed E-state index contributed by atoms with van der Waals surface area (Å²) >= 11 is 0. The molecule has 2 aromatic rings. The fourth-order valence-corrected chi connectivity index (χ4v) is 4.80. The number of unbranched alkanes of at least 4 members (excludes halogenated alkanes) is 1. The van der Waals surface area contributed by atoms with Crippen LogP contribution < -0.4 is 10.1 Å². The van der Waals surface area contributed by atoms with Crippen LogP contribution in [0.3, 0.4) is 0 Å². The molecule has 0 unspecified atom stereocenters. The molecule has 0 aliphatic carbocycles. The third-order valence-electron chi connectivity index (χ3n) is 7.76. The van der Waals surface area contributed by atoms with E-state index < -0.39 is 41.3 Å². The zero-order valence-electron chi connectivity index (χ0n) is 33.4. The normalized spacial score (nSPS) is 12.2. The van der Waals surface area contributed by atoms with E-state index in [1.54, 1.807) is 13.8 Å². The van der Waals surface area contributed by atoms with Gasteiger partial charge in [-0.3, -0.25) is 14.4 Å². The van der Waals surface area contributed by atoms with Gasteiger partial charge in [0.2, 0.25) is 0 Å². The summed E-state index contributed by atoms with van der Waals surface area (Å²) in [4.78, 5) is 63.1. The molecule has 0 bridgehead atoms. The average Bonchev–Trinajstić information content (AvgIpc) is 3.18. The molecule has 0 aliphatic rings. The molecule has 2 aromatic carbocycles. The highest BCUT2D eigenvalue weighted by Crippen LogP contribution is 2.29. The van der Waals surface area contributed by atoms with Crippen molar-refractivity contribution in [3.05, 3.63) is 120 Å². The molecule has 0 aromatic heterocycles. The Labute approximate surface area is 331 Å². The van der Waals surface area contributed by atoms with Gasteiger partial charge in [-0.25, -0.2) is 9.59 Å². The second-order valence-electron chi connectivity index (χ2n) is 12.9. The number of aliphatic carboxylic acids is 1. The predicted molar refractivity (Wildman–Crippen MR) is 218 cm³/mol. The highest BCUT2D eigenvalue weighted by molar-refractivity contribution is 5.98. The fourth-order valence-electron chi connectivity index (χ4n) is 4.80. The maximum atomic E-state index is 13.5. The second kappa shape index (κ2) is 28.7. The highest BCUT2D eigenvalue weighted by Gasteiger charge is 2.40. The Morgan fingerprint density at radius 3 is 1.84 bits per heavy atom. The van der Waals surface area contributed by atoms with Crippen molar-refractivity contribution in [1.29, 1.82) is 0 Å². The fraction of sp³-hybridized carbons (Fsp3) is 0.400. The number of hydrogen-bond acceptors (Lipinski definition) is 9. The first-order chi connectivity index (χ1) is 27.0. The van der Waals surface area contributed by atoms with Gasteiger partial charge in [0.25, 0.3) is 5.91 Å². The quantitative estimate of drug-likeness (QED) is 0.0405. The summed E-state index contributed by atoms with van der Waals surface area (Å²) < 4.78 is 16.5. The van der Waals surface area contributed by atoms with E-state index in [0.717, 1.165) is 32.1 Å². The first-order valence-electron chi connectivity index (χ1n) is 19.2. The third kappa shape index (κ3) is 20.1. The van der Waals surface area contributed by atoms with Crippen LogP contribution in [0.5, 0.6) is 11.5 Å². The molecule has 0 saturated heterocycles. The number of para-hydroxylation sites is 2. The van der Waals surface area contributed by atoms with E-state index in [1.165, 1.54) is 48.5 Å². The number of nitrogens with one attached hydrogen (secondary N) is 1. The molecular formula is C45H59NO10. The van der Waals surface area contributed by atoms with E-state index in [1.807, 2.05) is 26.0 Å². The molecule has 0 radical (unpaired) electrons. The molecule has 1 atom stereocenters. The summed E-state index contributed by atoms with van der Waals surface area (Å²) in [6, 6.07) is 11.4. The molecule has 304 valence electrons. The third-order valence-corrected chi connectivity index (χ3v) is 7.76. The van der Waals surface area contributed by atoms with Gasteiger partial charge < -0.3 is 29.7 Å². The first kappa shape index (κ1) is 48.3. The van der Waals surface area contributed by atoms with Crippen LogP contribution in [0.25, 0.3) is 0 Å². The molecule has 11 nitrogen and oxygen atoms in total. The second-order valence-corrected chi connectivity index (χ2v) is 12.9. The zero-order chi connectivity index (χ0) is 41.6. The monoisotopic (exact) mass is 773 g/mol. The van der Waals surface area contributed by atoms with Gasteiger partial charge in [-0.15, -0.1) is 0 Å². The molecule has 2 rings (SSSR count). The van der Waals surface area contributed by atoms with E-state index >= 15 is 0 Å². The van der Waals surface area contributed by atoms with Crippen molar-refractivity contribution in [2.45, 2.75) is 98.5 Å². The molecule has 0 aliphatic heterocycles. The van der Waals surface area contributed by atoms with Gasteiger partial charge in [0.1, 0.15) is 29.2 Å². The van der Waals surface area contributed by atoms with E-state index in [-0.39, 0.29) is 48.6 Å². The average molecular weight is 774 g/mol. The molecule has 56 heavy (non-hydrogen) atoms. The molecule has 11 heteroatoms. The number of amides is 1. The standard InChI is InChI=1S/C43H53NO10.C2H6/c1-4-5-6-7-8-9-10-11-12-13-14-15-16-17-18-19-20-29-38(48)52-32-43(2,3)39(40(49)44-31-30-37(46)47)54-42(51)34-26-22-24-28-36(34)53-41(50)33-25-21-23-27-35(33)45;1-2/h5-6,8-9,11-12,14-15,17-18,21-28,39,45H,4,7,10,13,16,19-20,29-32H2,1-3H3,(H,44,49)(H,46,47);1-2H3/b6-5-,9-8-,12-11-,15-14-,18-17-;/t39-;/m0./s1. The van der Waals surface area contributed by atoms with Crippen molar-refractivity contribution in [3.63, 3.8) is 0 Å². The Hall–Kier alpha value is -5.71. The number of carbonyl (C=O) groups excluding carboxylic acids is 4. The lowest BCUT2D eigenvalue weighted by atomic mass is 9.86. The Bertz CT molecular complexity index is 1670. The molecule has 0 fully saturated rings. The Balaban J connectivity index is 0.00000771. The number of allylic oxidation sites excluding steroid dienone is 10. The minimum absolute atomic E-state index is 0.128. The van der Waals surface area contributed by atoms with Gasteiger partial charge >= 0.3 is 23.9 Å². The van der Waals surface area contributed by atoms with Crippen molar-refractivity contribution in [3.8, 4) is 11.5 Å². The van der Waals surface area contributed by atoms with Crippen LogP contribution in [0.1, 0.15) is 113 Å². The largest absolute Gasteiger partial charge is 0.507 e. The van der Waals surface area contributed by atoms with Crippen LogP contribution in [-0.2, 0) is 23.9 Å². The number of benzene rings is 2. The SMILES string of the molecule is CC.CC/C=C\C/C=C\C/C=C\C/C=C\C/C=C\CCCC(=O)OCC(C)(C)[C@@H](OC(=O)c1ccccc1OC(=O)c1ccccc1O)C(=O)NCCC(=O)O. The van der Waals surface area contributed by atoms with Gasteiger partial charge in [-0.1, -0.05) is 120 Å². The number of carboxylic acids is 1. The summed E-state index contributed by atoms with van der Waals surface area (Å²) in [7, 11) is 0. The number of hydrogen-bond donors (Lipinski definition) is 3. The maximum Gasteiger partial charge on any atom is 0.347 e. The minimum atomic E-state index is -1.53. The van der Waals surface area contributed by atoms with Crippen LogP contribution >= 0.6 is 0 Å². The van der Waals surface area contributed by atoms with Crippen LogP contribution in [-0.4, -0.2) is 59.3 Å². The lowest BCUT2D eigenvalue weighted by molar-refractivity contribution is -0.153. The molecule has 0 saturated carbocycles. The summed E-state index contributed by atoms with van der Waals surface area (Å²) in [5.41, 5.74) is -1.58. The van der Waals surface area contributed by atoms with Crippen LogP contribution in [0, 0.1) is 5.41 Å². The number of aromatic hydroxyl groups is 1. The van der Waals surface area contributed by atoms with Gasteiger partial charge in [-0.05, 0) is 69.2 Å². The van der Waals surface area contributed by atoms with E-state index in [2.05, 4.69) is 60.8 Å². The van der Waals surface area contributed by atoms with E-state index in [0.29, 0.717) is 12.8 Å². The number of ether oxygens (including phenoxy) is 3. The number of phenols is 1. The molecule has 0 spiro atoms. The van der Waals surface area contributed by atoms with Crippen molar-refractivity contribution >= 4 is 29.8 Å². The molecule has 1 amide bonds. The summed E-state index contributed by atoms with van der Waals surface area (Å²) in [6.45, 7) is 8.73. The van der Waals surface area contributed by atoms with E-state index in [4.69, 9.17) is 19.3 Å². The zero-order valence-corrected chi connectivity index (χ0v) is 33.4. The van der Waals surface area contributed by atoms with Crippen molar-refractivity contribution in [1.82, 2.24) is 5.32 Å². The summed E-state index contributed by atoms with van der Waals surface area (Å²) in [5.74, 6) is -4.87. The highest BCUT2D eigenvalue weighted by atomic mass is 16.6. The van der Waals surface area contributed by atoms with Crippen molar-refractivity contribution in [2.75, 3.05) is 13.2 Å². The van der Waals surface area contributed by atoms with Gasteiger partial charge in [0, 0.05) is 18.4 Å². The van der Waals surface area contributed by atoms with Gasteiger partial charge in [0.05, 0.1) is 6.42 Å². The molecule has 0 heterocycles. The maximum absolute atomic E-state index is 13.5. The Morgan fingerprint density at radius 2 is 1.27 bits per heavy atom. The lowest BCUT2D eigenvalue weighted by Gasteiger charge is -2.32. The lowest BCUT2D eigenvalue weighted by Crippen LogP contribution is -2.49. The number of carboxylic acid groups (broad SMARTS) is 1. The van der Waals surface area contributed by atoms with Crippen molar-refractivity contribution < 1.29 is 48.4 Å². The number of esters is 3. The van der Waals surface area contributed by atoms with Crippen LogP contribution in [0.15, 0.2) is 109 Å². The van der Waals surface area contributed by atoms with Gasteiger partial charge in [-0.2, -0.15) is 0 Å². The molecular weight excluding hydrogens is 714 g/mol. The van der Waals surface area contributed by atoms with Gasteiger partial charge in [0.15, 0.2) is 6.10 Å². The summed E-state index contributed by atoms with van der Waals surface area (Å²) in [6.07, 6.45) is 25.2. The number of phenolic OH excluding ortho intramolecular Hbond substituents is 1. The Morgan fingerprint density at radius 1 is 0.732 bits per heavy atom. The Kier molecular flexibility index (Phi) is 24.8. The van der Waals surface area contributed by atoms with Crippen LogP contribution in [0.4, 0.5) is 0 Å². The smallest absolute Gasteiger partial charge is 0.347 e.